The van der Waals surface area contributed by atoms with Gasteiger partial charge in [-0.05, 0) is 44.4 Å². The van der Waals surface area contributed by atoms with Crippen molar-refractivity contribution >= 4 is 57.4 Å². The molecule has 0 aliphatic carbocycles. The number of alkyl carbamates (subject to hydrolysis) is 1. The van der Waals surface area contributed by atoms with E-state index in [4.69, 9.17) is 27.9 Å². The quantitative estimate of drug-likeness (QED) is 0.428. The zero-order valence-corrected chi connectivity index (χ0v) is 20.4. The first-order valence-corrected chi connectivity index (χ1v) is 11.9. The largest absolute Gasteiger partial charge is 0.444 e. The minimum Gasteiger partial charge on any atom is -0.444 e. The van der Waals surface area contributed by atoms with E-state index in [0.29, 0.717) is 26.6 Å². The molecule has 162 valence electrons. The summed E-state index contributed by atoms with van der Waals surface area (Å²) in [5.41, 5.74) is 0.466. The molecule has 3 rings (SSSR count). The summed E-state index contributed by atoms with van der Waals surface area (Å²) in [5.74, 6) is 1.34. The summed E-state index contributed by atoms with van der Waals surface area (Å²) in [6, 6.07) is 5.19. The molecule has 30 heavy (non-hydrogen) atoms. The number of nitrogens with zero attached hydrogens (tertiary/aromatic N) is 4. The number of carbonyl (C=O) groups excluding carboxylic acids is 1. The van der Waals surface area contributed by atoms with Gasteiger partial charge in [0, 0.05) is 5.75 Å². The number of amides is 1. The number of hydrogen-bond donors (Lipinski definition) is 1. The molecule has 0 saturated carbocycles. The van der Waals surface area contributed by atoms with Crippen LogP contribution in [0.25, 0.3) is 4.96 Å². The predicted molar refractivity (Wildman–Crippen MR) is 122 cm³/mol. The van der Waals surface area contributed by atoms with Crippen LogP contribution in [-0.2, 0) is 10.5 Å². The molecule has 0 fully saturated rings. The smallest absolute Gasteiger partial charge is 0.408 e. The zero-order valence-electron chi connectivity index (χ0n) is 17.3. The second-order valence-electron chi connectivity index (χ2n) is 8.03. The summed E-state index contributed by atoms with van der Waals surface area (Å²) in [4.78, 5) is 13.0. The molecular weight excluding hydrogens is 465 g/mol. The number of benzene rings is 1. The monoisotopic (exact) mass is 487 g/mol. The predicted octanol–water partition coefficient (Wildman–Crippen LogP) is 6.01. The molecule has 0 saturated heterocycles. The highest BCUT2D eigenvalue weighted by Crippen LogP contribution is 2.31. The molecular formula is C19H23Cl2N5O2S2. The molecule has 0 spiro atoms. The van der Waals surface area contributed by atoms with Gasteiger partial charge < -0.3 is 10.1 Å². The van der Waals surface area contributed by atoms with Gasteiger partial charge in [-0.25, -0.2) is 4.79 Å². The Morgan fingerprint density at radius 2 is 2.00 bits per heavy atom. The lowest BCUT2D eigenvalue weighted by molar-refractivity contribution is 0.0486. The van der Waals surface area contributed by atoms with Gasteiger partial charge in [0.15, 0.2) is 10.2 Å². The van der Waals surface area contributed by atoms with Crippen LogP contribution in [0.3, 0.4) is 0 Å². The van der Waals surface area contributed by atoms with Crippen LogP contribution in [-0.4, -0.2) is 31.5 Å². The molecule has 3 aromatic rings. The van der Waals surface area contributed by atoms with Gasteiger partial charge in [0.1, 0.15) is 5.60 Å². The molecule has 1 aromatic carbocycles. The van der Waals surface area contributed by atoms with Gasteiger partial charge in [-0.15, -0.1) is 15.3 Å². The molecule has 11 heteroatoms. The van der Waals surface area contributed by atoms with Gasteiger partial charge in [-0.2, -0.15) is 4.52 Å². The second-order valence-corrected chi connectivity index (χ2v) is 11.0. The fourth-order valence-corrected chi connectivity index (χ4v) is 4.75. The number of aromatic nitrogens is 4. The third-order valence-electron chi connectivity index (χ3n) is 3.96. The highest BCUT2D eigenvalue weighted by atomic mass is 35.5. The Balaban J connectivity index is 1.76. The van der Waals surface area contributed by atoms with Crippen molar-refractivity contribution in [2.24, 2.45) is 5.92 Å². The summed E-state index contributed by atoms with van der Waals surface area (Å²) in [7, 11) is 0. The third-order valence-corrected chi connectivity index (χ3v) is 6.80. The lowest BCUT2D eigenvalue weighted by Gasteiger charge is -2.24. The Bertz CT molecular complexity index is 1050. The number of hydrogen-bond acceptors (Lipinski definition) is 7. The van der Waals surface area contributed by atoms with Crippen molar-refractivity contribution in [3.05, 3.63) is 39.6 Å². The lowest BCUT2D eigenvalue weighted by atomic mass is 10.0. The van der Waals surface area contributed by atoms with E-state index in [-0.39, 0.29) is 12.0 Å². The molecule has 0 aliphatic heterocycles. The number of rotatable bonds is 6. The van der Waals surface area contributed by atoms with E-state index in [1.807, 2.05) is 46.8 Å². The molecule has 1 unspecified atom stereocenters. The van der Waals surface area contributed by atoms with Crippen LogP contribution in [0.2, 0.25) is 10.0 Å². The topological polar surface area (TPSA) is 81.4 Å². The van der Waals surface area contributed by atoms with Crippen LogP contribution < -0.4 is 5.32 Å². The molecule has 7 nitrogen and oxygen atoms in total. The molecule has 1 amide bonds. The Labute approximate surface area is 193 Å². The van der Waals surface area contributed by atoms with Crippen molar-refractivity contribution in [1.29, 1.82) is 0 Å². The van der Waals surface area contributed by atoms with Crippen molar-refractivity contribution < 1.29 is 9.53 Å². The van der Waals surface area contributed by atoms with Gasteiger partial charge >= 0.3 is 6.09 Å². The first kappa shape index (κ1) is 23.1. The van der Waals surface area contributed by atoms with Crippen LogP contribution in [0, 0.1) is 5.92 Å². The Morgan fingerprint density at radius 3 is 2.63 bits per heavy atom. The molecule has 0 bridgehead atoms. The summed E-state index contributed by atoms with van der Waals surface area (Å²) >= 11 is 15.1. The highest BCUT2D eigenvalue weighted by Gasteiger charge is 2.27. The van der Waals surface area contributed by atoms with Crippen LogP contribution in [0.4, 0.5) is 4.79 Å². The number of nitrogens with one attached hydrogen (secondary N) is 1. The number of carbonyl (C=O) groups is 1. The summed E-state index contributed by atoms with van der Waals surface area (Å²) in [6.45, 7) is 9.46. The summed E-state index contributed by atoms with van der Waals surface area (Å²) in [6.07, 6.45) is -0.498. The normalized spacial score (nSPS) is 13.1. The lowest BCUT2D eigenvalue weighted by Crippen LogP contribution is -2.37. The first-order chi connectivity index (χ1) is 14.0. The molecule has 2 heterocycles. The van der Waals surface area contributed by atoms with E-state index in [2.05, 4.69) is 20.6 Å². The van der Waals surface area contributed by atoms with Gasteiger partial charge in [0.2, 0.25) is 4.96 Å². The van der Waals surface area contributed by atoms with Crippen molar-refractivity contribution in [2.45, 2.75) is 56.4 Å². The highest BCUT2D eigenvalue weighted by molar-refractivity contribution is 8.00. The molecule has 0 aliphatic rings. The Hall–Kier alpha value is -1.55. The maximum Gasteiger partial charge on any atom is 0.408 e. The maximum atomic E-state index is 12.3. The van der Waals surface area contributed by atoms with Gasteiger partial charge in [-0.3, -0.25) is 0 Å². The Morgan fingerprint density at radius 1 is 1.27 bits per heavy atom. The molecule has 0 radical (unpaired) electrons. The van der Waals surface area contributed by atoms with E-state index in [1.54, 1.807) is 22.3 Å². The van der Waals surface area contributed by atoms with Gasteiger partial charge in [-0.1, -0.05) is 66.2 Å². The fourth-order valence-electron chi connectivity index (χ4n) is 2.61. The van der Waals surface area contributed by atoms with Crippen molar-refractivity contribution in [1.82, 2.24) is 25.1 Å². The molecule has 1 N–H and O–H groups in total. The van der Waals surface area contributed by atoms with Crippen LogP contribution in [0.15, 0.2) is 22.5 Å². The van der Waals surface area contributed by atoms with Crippen molar-refractivity contribution in [3.63, 3.8) is 0 Å². The standard InChI is InChI=1S/C19H23Cl2N5O2S2/c1-10(2)14(22-17(27)28-19(3,4)5)15-23-24-16-26(15)25-18(30-16)29-9-11-6-7-12(20)13(21)8-11/h6-8,10,14H,9H2,1-5H3,(H,22,27). The minimum absolute atomic E-state index is 0.0685. The van der Waals surface area contributed by atoms with E-state index >= 15 is 0 Å². The number of ether oxygens (including phenoxy) is 1. The zero-order chi connectivity index (χ0) is 22.1. The second kappa shape index (κ2) is 9.30. The summed E-state index contributed by atoms with van der Waals surface area (Å²) in [5, 5.41) is 17.1. The van der Waals surface area contributed by atoms with Crippen LogP contribution in [0.1, 0.15) is 52.0 Å². The minimum atomic E-state index is -0.583. The van der Waals surface area contributed by atoms with E-state index in [0.717, 1.165) is 9.90 Å². The average molecular weight is 488 g/mol. The average Bonchev–Trinajstić information content (AvgIpc) is 3.19. The fraction of sp³-hybridized carbons (Fsp3) is 0.474. The Kier molecular flexibility index (Phi) is 7.16. The summed E-state index contributed by atoms with van der Waals surface area (Å²) < 4.78 is 7.91. The van der Waals surface area contributed by atoms with Gasteiger partial charge in [0.05, 0.1) is 16.1 Å². The van der Waals surface area contributed by atoms with Crippen LogP contribution in [0.5, 0.6) is 0 Å². The number of thioether (sulfide) groups is 1. The SMILES string of the molecule is CC(C)C(NC(=O)OC(C)(C)C)c1nnc2sc(SCc3ccc(Cl)c(Cl)c3)nn12. The number of fused-ring (bicyclic) bond motifs is 1. The number of halogens is 2. The van der Waals surface area contributed by atoms with Crippen molar-refractivity contribution in [3.8, 4) is 0 Å². The van der Waals surface area contributed by atoms with E-state index < -0.39 is 11.7 Å². The van der Waals surface area contributed by atoms with Crippen molar-refractivity contribution in [2.75, 3.05) is 0 Å². The van der Waals surface area contributed by atoms with Gasteiger partial charge in [0.25, 0.3) is 0 Å². The first-order valence-electron chi connectivity index (χ1n) is 9.32. The third kappa shape index (κ3) is 5.78. The maximum absolute atomic E-state index is 12.3. The van der Waals surface area contributed by atoms with Crippen LogP contribution >= 0.6 is 46.3 Å². The van der Waals surface area contributed by atoms with E-state index in [9.17, 15) is 4.79 Å². The molecule has 1 atom stereocenters. The molecule has 2 aromatic heterocycles. The van der Waals surface area contributed by atoms with E-state index in [1.165, 1.54) is 11.3 Å².